The zero-order chi connectivity index (χ0) is 26.2. The average molecular weight is 548 g/mol. The first-order valence-electron chi connectivity index (χ1n) is 12.2. The molecule has 1 aliphatic rings. The zero-order valence-electron chi connectivity index (χ0n) is 20.9. The Bertz CT molecular complexity index is 1720. The fourth-order valence-electron chi connectivity index (χ4n) is 4.84. The number of hydrogen-bond donors (Lipinski definition) is 1. The van der Waals surface area contributed by atoms with Crippen molar-refractivity contribution in [2.45, 2.75) is 30.8 Å². The Kier molecular flexibility index (Phi) is 6.54. The molecule has 0 bridgehead atoms. The fraction of sp³-hybridized carbons (Fsp3) is 0.259. The van der Waals surface area contributed by atoms with Crippen LogP contribution in [0.15, 0.2) is 58.5 Å². The van der Waals surface area contributed by atoms with Crippen molar-refractivity contribution in [2.75, 3.05) is 25.3 Å². The summed E-state index contributed by atoms with van der Waals surface area (Å²) in [4.78, 5) is 28.9. The van der Waals surface area contributed by atoms with Gasteiger partial charge in [0.15, 0.2) is 5.16 Å². The Morgan fingerprint density at radius 2 is 1.89 bits per heavy atom. The summed E-state index contributed by atoms with van der Waals surface area (Å²) in [6, 6.07) is 14.7. The second-order valence-electron chi connectivity index (χ2n) is 8.89. The lowest BCUT2D eigenvalue weighted by Crippen LogP contribution is -2.22. The monoisotopic (exact) mass is 547 g/mol. The summed E-state index contributed by atoms with van der Waals surface area (Å²) in [5, 5.41) is 13.0. The van der Waals surface area contributed by atoms with Gasteiger partial charge in [-0.05, 0) is 55.5 Å². The van der Waals surface area contributed by atoms with Gasteiger partial charge in [-0.3, -0.25) is 9.59 Å². The molecule has 0 spiro atoms. The summed E-state index contributed by atoms with van der Waals surface area (Å²) in [6.45, 7) is 0. The number of rotatable bonds is 7. The number of aryl methyl sites for hydroxylation is 2. The molecule has 0 radical (unpaired) electrons. The standard InChI is InChI=1S/C27H25N5O4S2/c1-35-17-12-13-19(20(14-17)36-2)28-22(33)15-37-27-30-29-26-31(16-8-4-3-5-9-16)24(34)23-18-10-6-7-11-21(18)38-25(23)32(26)27/h3-5,8-9,12-14H,6-7,10-11,15H2,1-2H3,(H,28,33). The van der Waals surface area contributed by atoms with Crippen molar-refractivity contribution in [1.82, 2.24) is 19.2 Å². The number of carbonyl (C=O) groups is 1. The molecule has 11 heteroatoms. The number of nitrogens with zero attached hydrogens (tertiary/aromatic N) is 4. The SMILES string of the molecule is COc1ccc(NC(=O)CSc2nnc3n(-c4ccccc4)c(=O)c4c5c(sc4n23)CCCC5)c(OC)c1. The third-order valence-corrected chi connectivity index (χ3v) is 8.82. The van der Waals surface area contributed by atoms with Crippen molar-refractivity contribution in [2.24, 2.45) is 0 Å². The normalized spacial score (nSPS) is 13.0. The predicted molar refractivity (Wildman–Crippen MR) is 150 cm³/mol. The molecule has 0 aliphatic heterocycles. The van der Waals surface area contributed by atoms with Gasteiger partial charge in [0.25, 0.3) is 5.56 Å². The Morgan fingerprint density at radius 1 is 1.08 bits per heavy atom. The van der Waals surface area contributed by atoms with Crippen LogP contribution in [0.2, 0.25) is 0 Å². The number of anilines is 1. The van der Waals surface area contributed by atoms with Crippen molar-refractivity contribution in [3.63, 3.8) is 0 Å². The van der Waals surface area contributed by atoms with E-state index in [1.807, 2.05) is 34.7 Å². The van der Waals surface area contributed by atoms with Gasteiger partial charge in [0.2, 0.25) is 11.7 Å². The second-order valence-corrected chi connectivity index (χ2v) is 10.9. The highest BCUT2D eigenvalue weighted by molar-refractivity contribution is 7.99. The van der Waals surface area contributed by atoms with Crippen LogP contribution in [0, 0.1) is 0 Å². The van der Waals surface area contributed by atoms with Gasteiger partial charge in [-0.15, -0.1) is 21.5 Å². The van der Waals surface area contributed by atoms with Crippen LogP contribution in [-0.2, 0) is 17.6 Å². The number of thiophene rings is 1. The largest absolute Gasteiger partial charge is 0.497 e. The predicted octanol–water partition coefficient (Wildman–Crippen LogP) is 4.72. The number of methoxy groups -OCH3 is 2. The highest BCUT2D eigenvalue weighted by atomic mass is 32.2. The molecule has 3 heterocycles. The van der Waals surface area contributed by atoms with Crippen molar-refractivity contribution < 1.29 is 14.3 Å². The number of ether oxygens (including phenoxy) is 2. The van der Waals surface area contributed by atoms with Gasteiger partial charge in [0.1, 0.15) is 16.3 Å². The second kappa shape index (κ2) is 10.1. The molecule has 2 aromatic carbocycles. The van der Waals surface area contributed by atoms with Gasteiger partial charge in [0.05, 0.1) is 36.7 Å². The van der Waals surface area contributed by atoms with Gasteiger partial charge in [-0.25, -0.2) is 8.97 Å². The molecule has 0 fully saturated rings. The number of hydrogen-bond acceptors (Lipinski definition) is 8. The van der Waals surface area contributed by atoms with E-state index in [1.165, 1.54) is 16.6 Å². The first-order chi connectivity index (χ1) is 18.6. The lowest BCUT2D eigenvalue weighted by atomic mass is 9.97. The van der Waals surface area contributed by atoms with Crippen LogP contribution >= 0.6 is 23.1 Å². The topological polar surface area (TPSA) is 99.7 Å². The first-order valence-corrected chi connectivity index (χ1v) is 14.0. The third-order valence-electron chi connectivity index (χ3n) is 6.62. The van der Waals surface area contributed by atoms with E-state index in [4.69, 9.17) is 9.47 Å². The molecule has 9 nitrogen and oxygen atoms in total. The van der Waals surface area contributed by atoms with Crippen LogP contribution in [0.1, 0.15) is 23.3 Å². The Labute approximate surface area is 226 Å². The molecular weight excluding hydrogens is 522 g/mol. The van der Waals surface area contributed by atoms with Crippen LogP contribution in [0.4, 0.5) is 5.69 Å². The van der Waals surface area contributed by atoms with Crippen molar-refractivity contribution in [3.8, 4) is 17.2 Å². The Morgan fingerprint density at radius 3 is 2.68 bits per heavy atom. The molecule has 5 aromatic rings. The van der Waals surface area contributed by atoms with Gasteiger partial charge in [0, 0.05) is 10.9 Å². The molecule has 1 amide bonds. The molecule has 194 valence electrons. The molecule has 3 aromatic heterocycles. The minimum absolute atomic E-state index is 0.0774. The summed E-state index contributed by atoms with van der Waals surface area (Å²) < 4.78 is 14.2. The van der Waals surface area contributed by atoms with Crippen molar-refractivity contribution >= 4 is 50.7 Å². The Balaban J connectivity index is 1.39. The number of carbonyl (C=O) groups excluding carboxylic acids is 1. The number of thioether (sulfide) groups is 1. The molecule has 0 atom stereocenters. The van der Waals surface area contributed by atoms with Crippen LogP contribution in [0.5, 0.6) is 11.5 Å². The van der Waals surface area contributed by atoms with E-state index in [2.05, 4.69) is 15.5 Å². The van der Waals surface area contributed by atoms with Gasteiger partial charge in [-0.1, -0.05) is 30.0 Å². The van der Waals surface area contributed by atoms with Gasteiger partial charge in [-0.2, -0.15) is 0 Å². The van der Waals surface area contributed by atoms with E-state index < -0.39 is 0 Å². The summed E-state index contributed by atoms with van der Waals surface area (Å²) in [6.07, 6.45) is 4.05. The lowest BCUT2D eigenvalue weighted by molar-refractivity contribution is -0.113. The molecule has 1 N–H and O–H groups in total. The minimum atomic E-state index is -0.215. The fourth-order valence-corrected chi connectivity index (χ4v) is 7.01. The molecular formula is C27H25N5O4S2. The van der Waals surface area contributed by atoms with Gasteiger partial charge >= 0.3 is 0 Å². The maximum atomic E-state index is 13.9. The highest BCUT2D eigenvalue weighted by Gasteiger charge is 2.25. The van der Waals surface area contributed by atoms with E-state index in [0.717, 1.165) is 47.2 Å². The number of amides is 1. The van der Waals surface area contributed by atoms with E-state index in [1.54, 1.807) is 48.3 Å². The minimum Gasteiger partial charge on any atom is -0.497 e. The third kappa shape index (κ3) is 4.21. The van der Waals surface area contributed by atoms with E-state index >= 15 is 0 Å². The lowest BCUT2D eigenvalue weighted by Gasteiger charge is -2.12. The average Bonchev–Trinajstić information content (AvgIpc) is 3.54. The maximum Gasteiger partial charge on any atom is 0.268 e. The number of aromatic nitrogens is 4. The van der Waals surface area contributed by atoms with Crippen molar-refractivity contribution in [3.05, 3.63) is 69.3 Å². The van der Waals surface area contributed by atoms with Crippen LogP contribution in [0.3, 0.4) is 0 Å². The Hall–Kier alpha value is -3.83. The molecule has 0 saturated carbocycles. The van der Waals surface area contributed by atoms with Crippen LogP contribution in [-0.4, -0.2) is 45.0 Å². The number of para-hydroxylation sites is 1. The van der Waals surface area contributed by atoms with E-state index in [-0.39, 0.29) is 17.2 Å². The quantitative estimate of drug-likeness (QED) is 0.294. The number of benzene rings is 2. The maximum absolute atomic E-state index is 13.9. The van der Waals surface area contributed by atoms with E-state index in [9.17, 15) is 9.59 Å². The molecule has 0 saturated heterocycles. The summed E-state index contributed by atoms with van der Waals surface area (Å²) >= 11 is 2.92. The summed E-state index contributed by atoms with van der Waals surface area (Å²) in [5.41, 5.74) is 2.35. The van der Waals surface area contributed by atoms with Crippen molar-refractivity contribution in [1.29, 1.82) is 0 Å². The molecule has 0 unspecified atom stereocenters. The number of nitrogens with one attached hydrogen (secondary N) is 1. The summed E-state index contributed by atoms with van der Waals surface area (Å²) in [7, 11) is 3.12. The van der Waals surface area contributed by atoms with E-state index in [0.29, 0.717) is 28.1 Å². The zero-order valence-corrected chi connectivity index (χ0v) is 22.5. The highest BCUT2D eigenvalue weighted by Crippen LogP contribution is 2.37. The van der Waals surface area contributed by atoms with Crippen LogP contribution < -0.4 is 20.3 Å². The molecule has 6 rings (SSSR count). The molecule has 38 heavy (non-hydrogen) atoms. The molecule has 1 aliphatic carbocycles. The summed E-state index contributed by atoms with van der Waals surface area (Å²) in [5.74, 6) is 1.47. The first kappa shape index (κ1) is 24.5. The van der Waals surface area contributed by atoms with Gasteiger partial charge < -0.3 is 14.8 Å². The smallest absolute Gasteiger partial charge is 0.268 e. The number of fused-ring (bicyclic) bond motifs is 5. The van der Waals surface area contributed by atoms with Crippen LogP contribution in [0.25, 0.3) is 21.7 Å².